The number of ether oxygens (including phenoxy) is 2. The third-order valence-corrected chi connectivity index (χ3v) is 17.0. The van der Waals surface area contributed by atoms with Crippen LogP contribution in [0.15, 0.2) is 0 Å². The standard InChI is InChI=1S/C52H97NO5S2/c1-4-25-44(5-2)34-36-51(55)57-49(46-28-15-11-16-29-46)42-59-40-23-8-6-19-32-48(53(3)38-21-22-39-54)33-20-7-9-24-41-60-43-50(47-30-17-12-18-31-47)58-52(56)37-35-45-26-13-10-14-27-45/h44-50,54H,4-43H2,1-3H3. The van der Waals surface area contributed by atoms with Crippen LogP contribution in [0.2, 0.25) is 0 Å². The molecule has 352 valence electrons. The van der Waals surface area contributed by atoms with Gasteiger partial charge in [0.05, 0.1) is 0 Å². The van der Waals surface area contributed by atoms with Gasteiger partial charge in [0.25, 0.3) is 0 Å². The van der Waals surface area contributed by atoms with Crippen molar-refractivity contribution in [2.75, 3.05) is 43.2 Å². The second kappa shape index (κ2) is 35.9. The van der Waals surface area contributed by atoms with Crippen LogP contribution in [0, 0.1) is 23.7 Å². The molecule has 4 atom stereocenters. The number of carbonyl (C=O) groups excluding carboxylic acids is 2. The van der Waals surface area contributed by atoms with E-state index < -0.39 is 0 Å². The maximum Gasteiger partial charge on any atom is 0.306 e. The molecule has 0 aromatic carbocycles. The molecule has 0 heterocycles. The quantitative estimate of drug-likeness (QED) is 0.0493. The normalized spacial score (nSPS) is 19.3. The van der Waals surface area contributed by atoms with Crippen LogP contribution in [0.4, 0.5) is 0 Å². The zero-order valence-electron chi connectivity index (χ0n) is 39.7. The first-order valence-electron chi connectivity index (χ1n) is 26.3. The average Bonchev–Trinajstić information content (AvgIpc) is 3.28. The molecule has 0 amide bonds. The van der Waals surface area contributed by atoms with Crippen molar-refractivity contribution in [2.45, 2.75) is 250 Å². The Morgan fingerprint density at radius 2 is 1.10 bits per heavy atom. The maximum absolute atomic E-state index is 12.9. The van der Waals surface area contributed by atoms with Crippen LogP contribution in [-0.4, -0.2) is 83.4 Å². The minimum absolute atomic E-state index is 0.0456. The molecule has 6 nitrogen and oxygen atoms in total. The van der Waals surface area contributed by atoms with E-state index >= 15 is 0 Å². The van der Waals surface area contributed by atoms with Crippen molar-refractivity contribution in [3.05, 3.63) is 0 Å². The molecule has 3 aliphatic carbocycles. The highest BCUT2D eigenvalue weighted by Gasteiger charge is 2.29. The first-order valence-corrected chi connectivity index (χ1v) is 28.6. The fourth-order valence-electron chi connectivity index (χ4n) is 10.6. The SMILES string of the molecule is CCCC(CC)CCC(=O)OC(CSCCCCCCC(CCCCCCSCC(OC(=O)CCC1CCCCC1)C1CCCCC1)N(C)CCCCO)C1CCCCC1. The van der Waals surface area contributed by atoms with Crippen LogP contribution < -0.4 is 0 Å². The van der Waals surface area contributed by atoms with E-state index in [1.807, 2.05) is 23.5 Å². The van der Waals surface area contributed by atoms with Gasteiger partial charge < -0.3 is 19.5 Å². The molecule has 0 aromatic rings. The number of aliphatic hydroxyl groups is 1. The van der Waals surface area contributed by atoms with Crippen LogP contribution >= 0.6 is 23.5 Å². The summed E-state index contributed by atoms with van der Waals surface area (Å²) in [7, 11) is 2.31. The lowest BCUT2D eigenvalue weighted by atomic mass is 9.85. The van der Waals surface area contributed by atoms with Crippen LogP contribution in [0.1, 0.15) is 232 Å². The number of hydrogen-bond acceptors (Lipinski definition) is 8. The van der Waals surface area contributed by atoms with Gasteiger partial charge in [-0.05, 0) is 126 Å². The van der Waals surface area contributed by atoms with Crippen molar-refractivity contribution >= 4 is 35.5 Å². The third-order valence-electron chi connectivity index (χ3n) is 14.7. The molecule has 0 saturated heterocycles. The second-order valence-corrected chi connectivity index (χ2v) is 21.9. The van der Waals surface area contributed by atoms with Crippen LogP contribution in [0.3, 0.4) is 0 Å². The molecule has 8 heteroatoms. The molecular weight excluding hydrogens is 783 g/mol. The summed E-state index contributed by atoms with van der Waals surface area (Å²) in [5, 5.41) is 9.38. The van der Waals surface area contributed by atoms with Gasteiger partial charge in [-0.1, -0.05) is 142 Å². The molecular formula is C52H97NO5S2. The lowest BCUT2D eigenvalue weighted by Gasteiger charge is -2.30. The Morgan fingerprint density at radius 1 is 0.600 bits per heavy atom. The molecule has 0 radical (unpaired) electrons. The Kier molecular flexibility index (Phi) is 32.2. The minimum atomic E-state index is 0.0456. The fourth-order valence-corrected chi connectivity index (χ4v) is 12.9. The van der Waals surface area contributed by atoms with Crippen LogP contribution in [0.25, 0.3) is 0 Å². The lowest BCUT2D eigenvalue weighted by Crippen LogP contribution is -2.32. The number of unbranched alkanes of at least 4 members (excludes halogenated alkanes) is 7. The molecule has 60 heavy (non-hydrogen) atoms. The Hall–Kier alpha value is -0.440. The van der Waals surface area contributed by atoms with E-state index in [9.17, 15) is 14.7 Å². The van der Waals surface area contributed by atoms with Gasteiger partial charge in [-0.25, -0.2) is 0 Å². The van der Waals surface area contributed by atoms with Gasteiger partial charge in [0.1, 0.15) is 12.2 Å². The summed E-state index contributed by atoms with van der Waals surface area (Å²) in [4.78, 5) is 28.5. The van der Waals surface area contributed by atoms with E-state index in [1.165, 1.54) is 185 Å². The largest absolute Gasteiger partial charge is 0.461 e. The first-order chi connectivity index (χ1) is 29.4. The van der Waals surface area contributed by atoms with E-state index in [1.54, 1.807) is 0 Å². The van der Waals surface area contributed by atoms with Crippen molar-refractivity contribution in [3.8, 4) is 0 Å². The molecule has 3 aliphatic rings. The zero-order chi connectivity index (χ0) is 42.9. The Bertz CT molecular complexity index is 969. The van der Waals surface area contributed by atoms with Crippen molar-refractivity contribution in [2.24, 2.45) is 23.7 Å². The number of aliphatic hydroxyl groups excluding tert-OH is 1. The second-order valence-electron chi connectivity index (χ2n) is 19.6. The molecule has 1 N–H and O–H groups in total. The van der Waals surface area contributed by atoms with E-state index in [4.69, 9.17) is 9.47 Å². The first kappa shape index (κ1) is 53.9. The number of hydrogen-bond donors (Lipinski definition) is 1. The summed E-state index contributed by atoms with van der Waals surface area (Å²) in [6.45, 7) is 5.87. The highest BCUT2D eigenvalue weighted by molar-refractivity contribution is 7.99. The van der Waals surface area contributed by atoms with Gasteiger partial charge in [-0.15, -0.1) is 0 Å². The van der Waals surface area contributed by atoms with E-state index in [0.717, 1.165) is 56.1 Å². The van der Waals surface area contributed by atoms with Gasteiger partial charge in [0, 0.05) is 37.0 Å². The minimum Gasteiger partial charge on any atom is -0.461 e. The number of esters is 2. The van der Waals surface area contributed by atoms with Crippen molar-refractivity contribution in [3.63, 3.8) is 0 Å². The number of nitrogens with zero attached hydrogens (tertiary/aromatic N) is 1. The van der Waals surface area contributed by atoms with Gasteiger partial charge in [-0.3, -0.25) is 9.59 Å². The molecule has 3 rings (SSSR count). The zero-order valence-corrected chi connectivity index (χ0v) is 41.3. The van der Waals surface area contributed by atoms with E-state index in [2.05, 4.69) is 25.8 Å². The number of rotatable bonds is 36. The molecule has 0 spiro atoms. The fraction of sp³-hybridized carbons (Fsp3) is 0.962. The molecule has 0 aromatic heterocycles. The van der Waals surface area contributed by atoms with Gasteiger partial charge >= 0.3 is 11.9 Å². The van der Waals surface area contributed by atoms with E-state index in [0.29, 0.717) is 43.2 Å². The molecule has 0 bridgehead atoms. The summed E-state index contributed by atoms with van der Waals surface area (Å²) >= 11 is 4.05. The Labute approximate surface area is 380 Å². The van der Waals surface area contributed by atoms with Gasteiger partial charge in [0.15, 0.2) is 0 Å². The van der Waals surface area contributed by atoms with Gasteiger partial charge in [-0.2, -0.15) is 23.5 Å². The molecule has 3 fully saturated rings. The van der Waals surface area contributed by atoms with Crippen molar-refractivity contribution in [1.29, 1.82) is 0 Å². The summed E-state index contributed by atoms with van der Waals surface area (Å²) < 4.78 is 12.5. The smallest absolute Gasteiger partial charge is 0.306 e. The average molecular weight is 880 g/mol. The number of carbonyl (C=O) groups is 2. The Morgan fingerprint density at radius 3 is 1.60 bits per heavy atom. The molecule has 3 saturated carbocycles. The van der Waals surface area contributed by atoms with Gasteiger partial charge in [0.2, 0.25) is 0 Å². The summed E-state index contributed by atoms with van der Waals surface area (Å²) in [5.41, 5.74) is 0. The maximum atomic E-state index is 12.9. The van der Waals surface area contributed by atoms with Crippen LogP contribution in [-0.2, 0) is 19.1 Å². The van der Waals surface area contributed by atoms with Crippen molar-refractivity contribution < 1.29 is 24.2 Å². The summed E-state index contributed by atoms with van der Waals surface area (Å²) in [6.07, 6.45) is 41.2. The van der Waals surface area contributed by atoms with Crippen molar-refractivity contribution in [1.82, 2.24) is 4.90 Å². The predicted octanol–water partition coefficient (Wildman–Crippen LogP) is 14.4. The molecule has 0 aliphatic heterocycles. The van der Waals surface area contributed by atoms with E-state index in [-0.39, 0.29) is 24.1 Å². The number of thioether (sulfide) groups is 2. The highest BCUT2D eigenvalue weighted by Crippen LogP contribution is 2.33. The summed E-state index contributed by atoms with van der Waals surface area (Å²) in [5.74, 6) is 6.93. The highest BCUT2D eigenvalue weighted by atomic mass is 32.2. The topological polar surface area (TPSA) is 76.1 Å². The monoisotopic (exact) mass is 880 g/mol. The lowest BCUT2D eigenvalue weighted by molar-refractivity contribution is -0.152. The van der Waals surface area contributed by atoms with Crippen LogP contribution in [0.5, 0.6) is 0 Å². The third kappa shape index (κ3) is 25.2. The predicted molar refractivity (Wildman–Crippen MR) is 260 cm³/mol. The Balaban J connectivity index is 1.29. The summed E-state index contributed by atoms with van der Waals surface area (Å²) in [6, 6.07) is 0.636. The molecule has 4 unspecified atom stereocenters.